The number of aryl methyl sites for hydroxylation is 1. The van der Waals surface area contributed by atoms with E-state index < -0.39 is 0 Å². The fourth-order valence-electron chi connectivity index (χ4n) is 1.40. The maximum atomic E-state index is 5.60. The minimum absolute atomic E-state index is 0.155. The summed E-state index contributed by atoms with van der Waals surface area (Å²) in [6.45, 7) is 5.75. The highest BCUT2D eigenvalue weighted by Gasteiger charge is 2.07. The van der Waals surface area contributed by atoms with Crippen LogP contribution in [0.5, 0.6) is 5.75 Å². The highest BCUT2D eigenvalue weighted by atomic mass is 16.5. The monoisotopic (exact) mass is 218 g/mol. The predicted molar refractivity (Wildman–Crippen MR) is 60.2 cm³/mol. The summed E-state index contributed by atoms with van der Waals surface area (Å²) in [5.41, 5.74) is 0.898. The van der Waals surface area contributed by atoms with Crippen LogP contribution >= 0.6 is 0 Å². The fourth-order valence-corrected chi connectivity index (χ4v) is 1.40. The molecule has 0 spiro atoms. The van der Waals surface area contributed by atoms with Gasteiger partial charge in [-0.3, -0.25) is 0 Å². The molecule has 0 aliphatic rings. The predicted octanol–water partition coefficient (Wildman–Crippen LogP) is 2.83. The van der Waals surface area contributed by atoms with E-state index in [2.05, 4.69) is 10.1 Å². The third-order valence-electron chi connectivity index (χ3n) is 1.99. The van der Waals surface area contributed by atoms with Crippen molar-refractivity contribution in [1.29, 1.82) is 0 Å². The first-order chi connectivity index (χ1) is 7.65. The van der Waals surface area contributed by atoms with Crippen LogP contribution in [-0.4, -0.2) is 16.2 Å². The zero-order chi connectivity index (χ0) is 11.5. The Morgan fingerprint density at radius 3 is 2.75 bits per heavy atom. The van der Waals surface area contributed by atoms with E-state index in [1.54, 1.807) is 6.92 Å². The molecular weight excluding hydrogens is 204 g/mol. The fraction of sp³-hybridized carbons (Fsp3) is 0.333. The van der Waals surface area contributed by atoms with Crippen LogP contribution in [0.25, 0.3) is 11.4 Å². The standard InChI is InChI=1S/C12H14N2O2/c1-8(2)15-11-6-4-5-10(7-11)12-13-9(3)16-14-12/h4-8H,1-3H3. The second-order valence-corrected chi connectivity index (χ2v) is 3.83. The number of rotatable bonds is 3. The molecule has 4 heteroatoms. The minimum atomic E-state index is 0.155. The van der Waals surface area contributed by atoms with E-state index in [1.807, 2.05) is 38.1 Å². The molecule has 0 radical (unpaired) electrons. The molecule has 0 N–H and O–H groups in total. The smallest absolute Gasteiger partial charge is 0.223 e. The van der Waals surface area contributed by atoms with Gasteiger partial charge in [0.1, 0.15) is 5.75 Å². The van der Waals surface area contributed by atoms with Crippen LogP contribution in [0.3, 0.4) is 0 Å². The normalized spacial score (nSPS) is 10.8. The largest absolute Gasteiger partial charge is 0.491 e. The summed E-state index contributed by atoms with van der Waals surface area (Å²) in [5, 5.41) is 3.86. The van der Waals surface area contributed by atoms with Gasteiger partial charge in [-0.2, -0.15) is 4.98 Å². The lowest BCUT2D eigenvalue weighted by Gasteiger charge is -2.09. The van der Waals surface area contributed by atoms with Crippen molar-refractivity contribution < 1.29 is 9.26 Å². The number of ether oxygens (including phenoxy) is 1. The van der Waals surface area contributed by atoms with Crippen LogP contribution in [-0.2, 0) is 0 Å². The molecule has 0 fully saturated rings. The first-order valence-electron chi connectivity index (χ1n) is 5.22. The lowest BCUT2D eigenvalue weighted by molar-refractivity contribution is 0.242. The lowest BCUT2D eigenvalue weighted by atomic mass is 10.2. The van der Waals surface area contributed by atoms with Crippen molar-refractivity contribution in [1.82, 2.24) is 10.1 Å². The molecular formula is C12H14N2O2. The van der Waals surface area contributed by atoms with Crippen molar-refractivity contribution in [3.8, 4) is 17.1 Å². The molecule has 84 valence electrons. The number of hydrogen-bond acceptors (Lipinski definition) is 4. The van der Waals surface area contributed by atoms with E-state index in [-0.39, 0.29) is 6.10 Å². The number of nitrogens with zero attached hydrogens (tertiary/aromatic N) is 2. The van der Waals surface area contributed by atoms with Gasteiger partial charge in [0.2, 0.25) is 11.7 Å². The SMILES string of the molecule is Cc1nc(-c2cccc(OC(C)C)c2)no1. The molecule has 2 aromatic rings. The summed E-state index contributed by atoms with van der Waals surface area (Å²) in [6, 6.07) is 7.66. The topological polar surface area (TPSA) is 48.2 Å². The van der Waals surface area contributed by atoms with Crippen LogP contribution < -0.4 is 4.74 Å². The summed E-state index contributed by atoms with van der Waals surface area (Å²) in [7, 11) is 0. The van der Waals surface area contributed by atoms with E-state index in [0.717, 1.165) is 11.3 Å². The summed E-state index contributed by atoms with van der Waals surface area (Å²) in [6.07, 6.45) is 0.155. The van der Waals surface area contributed by atoms with Crippen LogP contribution in [0.2, 0.25) is 0 Å². The Balaban J connectivity index is 2.28. The summed E-state index contributed by atoms with van der Waals surface area (Å²) < 4.78 is 10.5. The second kappa shape index (κ2) is 4.35. The van der Waals surface area contributed by atoms with Crippen molar-refractivity contribution in [2.45, 2.75) is 26.9 Å². The molecule has 1 aromatic carbocycles. The second-order valence-electron chi connectivity index (χ2n) is 3.83. The van der Waals surface area contributed by atoms with Crippen molar-refractivity contribution in [2.75, 3.05) is 0 Å². The Kier molecular flexibility index (Phi) is 2.90. The third-order valence-corrected chi connectivity index (χ3v) is 1.99. The van der Waals surface area contributed by atoms with Crippen LogP contribution in [0, 0.1) is 6.92 Å². The third kappa shape index (κ3) is 2.39. The van der Waals surface area contributed by atoms with Gasteiger partial charge in [-0.1, -0.05) is 17.3 Å². The average molecular weight is 218 g/mol. The Morgan fingerprint density at radius 1 is 1.31 bits per heavy atom. The van der Waals surface area contributed by atoms with Gasteiger partial charge in [-0.25, -0.2) is 0 Å². The molecule has 0 bridgehead atoms. The molecule has 0 unspecified atom stereocenters. The zero-order valence-electron chi connectivity index (χ0n) is 9.60. The molecule has 1 aromatic heterocycles. The maximum Gasteiger partial charge on any atom is 0.223 e. The number of aromatic nitrogens is 2. The average Bonchev–Trinajstić information content (AvgIpc) is 2.64. The van der Waals surface area contributed by atoms with Gasteiger partial charge in [-0.15, -0.1) is 0 Å². The molecule has 4 nitrogen and oxygen atoms in total. The highest BCUT2D eigenvalue weighted by Crippen LogP contribution is 2.22. The number of benzene rings is 1. The van der Waals surface area contributed by atoms with Crippen molar-refractivity contribution in [2.24, 2.45) is 0 Å². The van der Waals surface area contributed by atoms with Gasteiger partial charge < -0.3 is 9.26 Å². The highest BCUT2D eigenvalue weighted by molar-refractivity contribution is 5.56. The van der Waals surface area contributed by atoms with Crippen molar-refractivity contribution >= 4 is 0 Å². The minimum Gasteiger partial charge on any atom is -0.491 e. The zero-order valence-corrected chi connectivity index (χ0v) is 9.60. The molecule has 0 amide bonds. The van der Waals surface area contributed by atoms with Gasteiger partial charge in [0, 0.05) is 12.5 Å². The van der Waals surface area contributed by atoms with Crippen molar-refractivity contribution in [3.05, 3.63) is 30.2 Å². The van der Waals surface area contributed by atoms with E-state index in [9.17, 15) is 0 Å². The number of hydrogen-bond donors (Lipinski definition) is 0. The van der Waals surface area contributed by atoms with E-state index in [1.165, 1.54) is 0 Å². The quantitative estimate of drug-likeness (QED) is 0.794. The molecule has 0 atom stereocenters. The Hall–Kier alpha value is -1.84. The molecule has 0 aliphatic carbocycles. The van der Waals surface area contributed by atoms with Crippen LogP contribution in [0.15, 0.2) is 28.8 Å². The first kappa shape index (κ1) is 10.7. The molecule has 0 saturated carbocycles. The molecule has 0 saturated heterocycles. The lowest BCUT2D eigenvalue weighted by Crippen LogP contribution is -2.05. The van der Waals surface area contributed by atoms with Gasteiger partial charge in [0.15, 0.2) is 0 Å². The van der Waals surface area contributed by atoms with Gasteiger partial charge in [0.25, 0.3) is 0 Å². The summed E-state index contributed by atoms with van der Waals surface area (Å²) in [5.74, 6) is 1.96. The molecule has 0 aliphatic heterocycles. The maximum absolute atomic E-state index is 5.60. The van der Waals surface area contributed by atoms with Crippen LogP contribution in [0.4, 0.5) is 0 Å². The molecule has 1 heterocycles. The van der Waals surface area contributed by atoms with Crippen molar-refractivity contribution in [3.63, 3.8) is 0 Å². The van der Waals surface area contributed by atoms with Gasteiger partial charge >= 0.3 is 0 Å². The Morgan fingerprint density at radius 2 is 2.12 bits per heavy atom. The Bertz CT molecular complexity index is 477. The molecule has 16 heavy (non-hydrogen) atoms. The first-order valence-corrected chi connectivity index (χ1v) is 5.22. The molecule has 2 rings (SSSR count). The van der Waals surface area contributed by atoms with Crippen LogP contribution in [0.1, 0.15) is 19.7 Å². The van der Waals surface area contributed by atoms with Gasteiger partial charge in [-0.05, 0) is 26.0 Å². The van der Waals surface area contributed by atoms with E-state index in [4.69, 9.17) is 9.26 Å². The summed E-state index contributed by atoms with van der Waals surface area (Å²) >= 11 is 0. The van der Waals surface area contributed by atoms with E-state index >= 15 is 0 Å². The Labute approximate surface area is 94.2 Å². The van der Waals surface area contributed by atoms with Gasteiger partial charge in [0.05, 0.1) is 6.10 Å². The summed E-state index contributed by atoms with van der Waals surface area (Å²) in [4.78, 5) is 4.17. The van der Waals surface area contributed by atoms with E-state index in [0.29, 0.717) is 11.7 Å².